The van der Waals surface area contributed by atoms with Crippen LogP contribution >= 0.6 is 0 Å². The Kier molecular flexibility index (Phi) is 4.30. The zero-order valence-corrected chi connectivity index (χ0v) is 11.2. The first-order chi connectivity index (χ1) is 9.16. The number of hydrogen-bond donors (Lipinski definition) is 3. The third-order valence-corrected chi connectivity index (χ3v) is 2.88. The van der Waals surface area contributed by atoms with Crippen LogP contribution < -0.4 is 10.6 Å². The first-order valence-corrected chi connectivity index (χ1v) is 6.22. The monoisotopic (exact) mass is 258 g/mol. The molecule has 0 saturated carbocycles. The summed E-state index contributed by atoms with van der Waals surface area (Å²) in [4.78, 5) is 18.9. The van der Waals surface area contributed by atoms with Crippen molar-refractivity contribution < 1.29 is 4.79 Å². The van der Waals surface area contributed by atoms with Crippen LogP contribution in [-0.2, 0) is 11.3 Å². The number of hydrogen-bond acceptors (Lipinski definition) is 3. The Balaban J connectivity index is 1.84. The summed E-state index contributed by atoms with van der Waals surface area (Å²) >= 11 is 0. The minimum atomic E-state index is -0.0519. The maximum absolute atomic E-state index is 11.8. The summed E-state index contributed by atoms with van der Waals surface area (Å²) in [7, 11) is 0. The van der Waals surface area contributed by atoms with Crippen LogP contribution in [0.25, 0.3) is 0 Å². The zero-order valence-electron chi connectivity index (χ0n) is 11.2. The van der Waals surface area contributed by atoms with Crippen molar-refractivity contribution in [3.05, 3.63) is 47.5 Å². The lowest BCUT2D eigenvalue weighted by molar-refractivity contribution is -0.115. The first kappa shape index (κ1) is 13.3. The van der Waals surface area contributed by atoms with Crippen LogP contribution in [0.5, 0.6) is 0 Å². The number of para-hydroxylation sites is 1. The highest BCUT2D eigenvalue weighted by Crippen LogP contribution is 2.18. The molecule has 0 radical (unpaired) electrons. The SMILES string of the molecule is Cc1cccc(C)c1NC(=O)CNCc1ncc[nH]1. The zero-order chi connectivity index (χ0) is 13.7. The van der Waals surface area contributed by atoms with Gasteiger partial charge in [-0.3, -0.25) is 4.79 Å². The predicted octanol–water partition coefficient (Wildman–Crippen LogP) is 1.75. The Labute approximate surface area is 112 Å². The number of amides is 1. The molecule has 1 amide bonds. The summed E-state index contributed by atoms with van der Waals surface area (Å²) in [6, 6.07) is 5.95. The van der Waals surface area contributed by atoms with E-state index in [1.54, 1.807) is 12.4 Å². The summed E-state index contributed by atoms with van der Waals surface area (Å²) in [6.07, 6.45) is 3.45. The Morgan fingerprint density at radius 3 is 2.68 bits per heavy atom. The number of aryl methyl sites for hydroxylation is 2. The van der Waals surface area contributed by atoms with E-state index < -0.39 is 0 Å². The molecule has 0 atom stereocenters. The molecule has 0 aliphatic carbocycles. The number of H-pyrrole nitrogens is 1. The van der Waals surface area contributed by atoms with Gasteiger partial charge in [-0.1, -0.05) is 18.2 Å². The van der Waals surface area contributed by atoms with E-state index in [9.17, 15) is 4.79 Å². The van der Waals surface area contributed by atoms with Crippen LogP contribution in [0.1, 0.15) is 17.0 Å². The first-order valence-electron chi connectivity index (χ1n) is 6.22. The highest BCUT2D eigenvalue weighted by Gasteiger charge is 2.06. The molecule has 19 heavy (non-hydrogen) atoms. The average Bonchev–Trinajstić information content (AvgIpc) is 2.87. The van der Waals surface area contributed by atoms with E-state index >= 15 is 0 Å². The normalized spacial score (nSPS) is 10.4. The quantitative estimate of drug-likeness (QED) is 0.765. The summed E-state index contributed by atoms with van der Waals surface area (Å²) in [5, 5.41) is 5.97. The number of benzene rings is 1. The van der Waals surface area contributed by atoms with E-state index in [2.05, 4.69) is 20.6 Å². The number of aromatic nitrogens is 2. The van der Waals surface area contributed by atoms with Crippen LogP contribution in [0.2, 0.25) is 0 Å². The molecule has 2 aromatic rings. The second-order valence-corrected chi connectivity index (χ2v) is 4.45. The lowest BCUT2D eigenvalue weighted by Gasteiger charge is -2.11. The number of imidazole rings is 1. The summed E-state index contributed by atoms with van der Waals surface area (Å²) < 4.78 is 0. The van der Waals surface area contributed by atoms with Gasteiger partial charge in [0.1, 0.15) is 5.82 Å². The van der Waals surface area contributed by atoms with Crippen molar-refractivity contribution in [2.24, 2.45) is 0 Å². The summed E-state index contributed by atoms with van der Waals surface area (Å²) in [6.45, 7) is 4.78. The molecule has 0 aliphatic heterocycles. The van der Waals surface area contributed by atoms with E-state index in [1.165, 1.54) is 0 Å². The van der Waals surface area contributed by atoms with Crippen molar-refractivity contribution >= 4 is 11.6 Å². The molecule has 0 saturated heterocycles. The van der Waals surface area contributed by atoms with E-state index in [0.717, 1.165) is 22.6 Å². The molecular weight excluding hydrogens is 240 g/mol. The number of rotatable bonds is 5. The molecule has 0 unspecified atom stereocenters. The summed E-state index contributed by atoms with van der Waals surface area (Å²) in [5.41, 5.74) is 3.03. The number of carbonyl (C=O) groups excluding carboxylic acids is 1. The summed E-state index contributed by atoms with van der Waals surface area (Å²) in [5.74, 6) is 0.767. The molecule has 100 valence electrons. The molecule has 0 spiro atoms. The average molecular weight is 258 g/mol. The largest absolute Gasteiger partial charge is 0.348 e. The van der Waals surface area contributed by atoms with Gasteiger partial charge < -0.3 is 15.6 Å². The standard InChI is InChI=1S/C14H18N4O/c1-10-4-3-5-11(2)14(10)18-13(19)9-15-8-12-16-6-7-17-12/h3-7,15H,8-9H2,1-2H3,(H,16,17)(H,18,19). The number of nitrogens with one attached hydrogen (secondary N) is 3. The van der Waals surface area contributed by atoms with Gasteiger partial charge in [0.25, 0.3) is 0 Å². The Morgan fingerprint density at radius 1 is 1.32 bits per heavy atom. The molecule has 0 fully saturated rings. The van der Waals surface area contributed by atoms with Crippen molar-refractivity contribution in [1.82, 2.24) is 15.3 Å². The fourth-order valence-electron chi connectivity index (χ4n) is 1.88. The van der Waals surface area contributed by atoms with Gasteiger partial charge in [-0.05, 0) is 25.0 Å². The second kappa shape index (κ2) is 6.15. The third-order valence-electron chi connectivity index (χ3n) is 2.88. The molecular formula is C14H18N4O. The molecule has 5 nitrogen and oxygen atoms in total. The smallest absolute Gasteiger partial charge is 0.238 e. The Bertz CT molecular complexity index is 528. The number of aromatic amines is 1. The van der Waals surface area contributed by atoms with E-state index in [1.807, 2.05) is 32.0 Å². The van der Waals surface area contributed by atoms with E-state index in [4.69, 9.17) is 0 Å². The van der Waals surface area contributed by atoms with Gasteiger partial charge in [0, 0.05) is 18.1 Å². The van der Waals surface area contributed by atoms with Gasteiger partial charge in [-0.2, -0.15) is 0 Å². The Morgan fingerprint density at radius 2 is 2.05 bits per heavy atom. The molecule has 0 bridgehead atoms. The van der Waals surface area contributed by atoms with Crippen LogP contribution in [0.3, 0.4) is 0 Å². The van der Waals surface area contributed by atoms with Gasteiger partial charge >= 0.3 is 0 Å². The molecule has 1 aromatic carbocycles. The van der Waals surface area contributed by atoms with E-state index in [0.29, 0.717) is 6.54 Å². The molecule has 1 aromatic heterocycles. The molecule has 1 heterocycles. The van der Waals surface area contributed by atoms with Crippen molar-refractivity contribution in [2.75, 3.05) is 11.9 Å². The van der Waals surface area contributed by atoms with Gasteiger partial charge in [-0.15, -0.1) is 0 Å². The minimum absolute atomic E-state index is 0.0519. The highest BCUT2D eigenvalue weighted by atomic mass is 16.1. The van der Waals surface area contributed by atoms with Crippen LogP contribution in [-0.4, -0.2) is 22.4 Å². The van der Waals surface area contributed by atoms with Crippen molar-refractivity contribution in [3.8, 4) is 0 Å². The van der Waals surface area contributed by atoms with Crippen molar-refractivity contribution in [2.45, 2.75) is 20.4 Å². The van der Waals surface area contributed by atoms with Crippen LogP contribution in [0.4, 0.5) is 5.69 Å². The number of anilines is 1. The lowest BCUT2D eigenvalue weighted by Crippen LogP contribution is -2.28. The van der Waals surface area contributed by atoms with Crippen LogP contribution in [0.15, 0.2) is 30.6 Å². The minimum Gasteiger partial charge on any atom is -0.348 e. The van der Waals surface area contributed by atoms with Gasteiger partial charge in [0.05, 0.1) is 13.1 Å². The fourth-order valence-corrected chi connectivity index (χ4v) is 1.88. The topological polar surface area (TPSA) is 69.8 Å². The molecule has 5 heteroatoms. The molecule has 2 rings (SSSR count). The van der Waals surface area contributed by atoms with E-state index in [-0.39, 0.29) is 12.5 Å². The van der Waals surface area contributed by atoms with Gasteiger partial charge in [0.2, 0.25) is 5.91 Å². The Hall–Kier alpha value is -2.14. The molecule has 0 aliphatic rings. The molecule has 3 N–H and O–H groups in total. The number of nitrogens with zero attached hydrogens (tertiary/aromatic N) is 1. The third kappa shape index (κ3) is 3.66. The van der Waals surface area contributed by atoms with Crippen LogP contribution in [0, 0.1) is 13.8 Å². The lowest BCUT2D eigenvalue weighted by atomic mass is 10.1. The maximum atomic E-state index is 11.8. The van der Waals surface area contributed by atoms with Gasteiger partial charge in [0.15, 0.2) is 0 Å². The fraction of sp³-hybridized carbons (Fsp3) is 0.286. The van der Waals surface area contributed by atoms with Crippen molar-refractivity contribution in [1.29, 1.82) is 0 Å². The van der Waals surface area contributed by atoms with Crippen molar-refractivity contribution in [3.63, 3.8) is 0 Å². The second-order valence-electron chi connectivity index (χ2n) is 4.45. The van der Waals surface area contributed by atoms with Gasteiger partial charge in [-0.25, -0.2) is 4.98 Å². The highest BCUT2D eigenvalue weighted by molar-refractivity contribution is 5.93. The number of carbonyl (C=O) groups is 1. The predicted molar refractivity (Wildman–Crippen MR) is 74.8 cm³/mol. The maximum Gasteiger partial charge on any atom is 0.238 e.